The van der Waals surface area contributed by atoms with Gasteiger partial charge in [0.2, 0.25) is 0 Å². The van der Waals surface area contributed by atoms with Crippen LogP contribution in [0, 0.1) is 11.8 Å². The van der Waals surface area contributed by atoms with Gasteiger partial charge in [0, 0.05) is 11.8 Å². The fourth-order valence-electron chi connectivity index (χ4n) is 0.616. The molecule has 0 rings (SSSR count). The maximum Gasteiger partial charge on any atom is 0.00925 e. The summed E-state index contributed by atoms with van der Waals surface area (Å²) in [5.74, 6) is 6.10. The summed E-state index contributed by atoms with van der Waals surface area (Å²) in [7, 11) is 0. The van der Waals surface area contributed by atoms with Crippen LogP contribution in [0.4, 0.5) is 0 Å². The molecule has 0 spiro atoms. The molecule has 0 aliphatic carbocycles. The van der Waals surface area contributed by atoms with Gasteiger partial charge in [-0.05, 0) is 25.3 Å². The maximum absolute atomic E-state index is 3.38. The van der Waals surface area contributed by atoms with Gasteiger partial charge in [-0.2, -0.15) is 0 Å². The molecule has 11 heavy (non-hydrogen) atoms. The van der Waals surface area contributed by atoms with E-state index in [0.717, 1.165) is 18.2 Å². The van der Waals surface area contributed by atoms with Crippen LogP contribution >= 0.6 is 15.9 Å². The van der Waals surface area contributed by atoms with Crippen LogP contribution in [0.2, 0.25) is 0 Å². The van der Waals surface area contributed by atoms with Gasteiger partial charge in [-0.1, -0.05) is 40.8 Å². The van der Waals surface area contributed by atoms with E-state index in [-0.39, 0.29) is 0 Å². The Morgan fingerprint density at radius 2 is 2.18 bits per heavy atom. The Labute approximate surface area is 78.2 Å². The predicted octanol–water partition coefficient (Wildman–Crippen LogP) is 3.52. The van der Waals surface area contributed by atoms with Crippen molar-refractivity contribution in [2.24, 2.45) is 0 Å². The average Bonchev–Trinajstić information content (AvgIpc) is 2.03. The minimum atomic E-state index is 1.03. The fourth-order valence-corrected chi connectivity index (χ4v) is 1.01. The molecule has 0 nitrogen and oxygen atoms in total. The minimum absolute atomic E-state index is 1.03. The van der Waals surface area contributed by atoms with Crippen molar-refractivity contribution >= 4 is 15.9 Å². The van der Waals surface area contributed by atoms with Crippen molar-refractivity contribution in [1.82, 2.24) is 0 Å². The van der Waals surface area contributed by atoms with Gasteiger partial charge >= 0.3 is 0 Å². The fraction of sp³-hybridized carbons (Fsp3) is 0.600. The largest absolute Gasteiger partial charge is 0.0985 e. The van der Waals surface area contributed by atoms with Crippen LogP contribution in [-0.4, -0.2) is 5.33 Å². The molecule has 0 unspecified atom stereocenters. The summed E-state index contributed by atoms with van der Waals surface area (Å²) in [6, 6.07) is 0. The average molecular weight is 215 g/mol. The molecular weight excluding hydrogens is 200 g/mol. The Kier molecular flexibility index (Phi) is 9.58. The quantitative estimate of drug-likeness (QED) is 0.382. The van der Waals surface area contributed by atoms with Crippen LogP contribution in [0.5, 0.6) is 0 Å². The smallest absolute Gasteiger partial charge is 0.00925 e. The van der Waals surface area contributed by atoms with Crippen molar-refractivity contribution in [1.29, 1.82) is 0 Å². The number of hydrogen-bond donors (Lipinski definition) is 0. The molecule has 0 aromatic heterocycles. The number of rotatable bonds is 4. The summed E-state index contributed by atoms with van der Waals surface area (Å²) in [5.41, 5.74) is 0. The van der Waals surface area contributed by atoms with Crippen molar-refractivity contribution in [2.45, 2.75) is 32.6 Å². The molecule has 0 amide bonds. The first-order chi connectivity index (χ1) is 5.41. The van der Waals surface area contributed by atoms with Crippen molar-refractivity contribution in [3.8, 4) is 11.8 Å². The monoisotopic (exact) mass is 214 g/mol. The first-order valence-electron chi connectivity index (χ1n) is 4.11. The van der Waals surface area contributed by atoms with E-state index in [1.54, 1.807) is 0 Å². The standard InChI is InChI=1S/C10H15Br/c1-2-3-4-5-6-7-8-9-10-11/h3-4H,2,7-10H2,1H3. The lowest BCUT2D eigenvalue weighted by molar-refractivity contribution is 0.841. The zero-order valence-corrected chi connectivity index (χ0v) is 8.65. The third kappa shape index (κ3) is 9.78. The van der Waals surface area contributed by atoms with E-state index in [9.17, 15) is 0 Å². The van der Waals surface area contributed by atoms with Gasteiger partial charge in [0.15, 0.2) is 0 Å². The molecule has 0 aliphatic rings. The van der Waals surface area contributed by atoms with E-state index in [1.807, 2.05) is 6.08 Å². The van der Waals surface area contributed by atoms with Gasteiger partial charge in [0.05, 0.1) is 0 Å². The first kappa shape index (κ1) is 10.8. The molecule has 0 aromatic carbocycles. The Balaban J connectivity index is 3.19. The highest BCUT2D eigenvalue weighted by molar-refractivity contribution is 9.09. The molecule has 0 saturated heterocycles. The van der Waals surface area contributed by atoms with E-state index in [1.165, 1.54) is 12.8 Å². The molecule has 0 saturated carbocycles. The second kappa shape index (κ2) is 9.78. The SMILES string of the molecule is CCC=CC#CCCCCBr. The van der Waals surface area contributed by atoms with Gasteiger partial charge in [-0.25, -0.2) is 0 Å². The molecule has 0 fully saturated rings. The summed E-state index contributed by atoms with van der Waals surface area (Å²) in [5, 5.41) is 1.10. The molecular formula is C10H15Br. The van der Waals surface area contributed by atoms with Crippen LogP contribution < -0.4 is 0 Å². The van der Waals surface area contributed by atoms with E-state index in [0.29, 0.717) is 0 Å². The van der Waals surface area contributed by atoms with Gasteiger partial charge in [0.25, 0.3) is 0 Å². The van der Waals surface area contributed by atoms with E-state index in [4.69, 9.17) is 0 Å². The second-order valence-corrected chi connectivity index (χ2v) is 3.07. The van der Waals surface area contributed by atoms with Crippen molar-refractivity contribution in [2.75, 3.05) is 5.33 Å². The van der Waals surface area contributed by atoms with Gasteiger partial charge < -0.3 is 0 Å². The van der Waals surface area contributed by atoms with Crippen LogP contribution in [0.3, 0.4) is 0 Å². The molecule has 0 atom stereocenters. The summed E-state index contributed by atoms with van der Waals surface area (Å²) >= 11 is 3.38. The Morgan fingerprint density at radius 1 is 1.36 bits per heavy atom. The highest BCUT2D eigenvalue weighted by Gasteiger charge is 1.79. The van der Waals surface area contributed by atoms with Crippen LogP contribution in [0.25, 0.3) is 0 Å². The normalized spacial score (nSPS) is 9.64. The van der Waals surface area contributed by atoms with Gasteiger partial charge in [0.1, 0.15) is 0 Å². The van der Waals surface area contributed by atoms with Crippen molar-refractivity contribution < 1.29 is 0 Å². The molecule has 0 heterocycles. The molecule has 0 aromatic rings. The summed E-state index contributed by atoms with van der Waals surface area (Å²) in [4.78, 5) is 0. The van der Waals surface area contributed by atoms with Crippen LogP contribution in [-0.2, 0) is 0 Å². The number of allylic oxidation sites excluding steroid dienone is 2. The predicted molar refractivity (Wildman–Crippen MR) is 54.9 cm³/mol. The summed E-state index contributed by atoms with van der Waals surface area (Å²) in [6.07, 6.45) is 8.56. The zero-order valence-electron chi connectivity index (χ0n) is 7.07. The Bertz CT molecular complexity index is 148. The topological polar surface area (TPSA) is 0 Å². The van der Waals surface area contributed by atoms with Crippen LogP contribution in [0.15, 0.2) is 12.2 Å². The third-order valence-electron chi connectivity index (χ3n) is 1.22. The van der Waals surface area contributed by atoms with Gasteiger partial charge in [-0.15, -0.1) is 0 Å². The zero-order chi connectivity index (χ0) is 8.36. The number of halogens is 1. The first-order valence-corrected chi connectivity index (χ1v) is 5.23. The molecule has 62 valence electrons. The van der Waals surface area contributed by atoms with E-state index < -0.39 is 0 Å². The Morgan fingerprint density at radius 3 is 2.82 bits per heavy atom. The maximum atomic E-state index is 3.38. The second-order valence-electron chi connectivity index (χ2n) is 2.28. The highest BCUT2D eigenvalue weighted by Crippen LogP contribution is 1.96. The third-order valence-corrected chi connectivity index (χ3v) is 1.79. The number of alkyl halides is 1. The number of unbranched alkanes of at least 4 members (excludes halogenated alkanes) is 2. The lowest BCUT2D eigenvalue weighted by atomic mass is 10.2. The van der Waals surface area contributed by atoms with E-state index >= 15 is 0 Å². The summed E-state index contributed by atoms with van der Waals surface area (Å²) < 4.78 is 0. The number of hydrogen-bond acceptors (Lipinski definition) is 0. The molecule has 0 radical (unpaired) electrons. The highest BCUT2D eigenvalue weighted by atomic mass is 79.9. The molecule has 0 aliphatic heterocycles. The molecule has 0 bridgehead atoms. The molecule has 0 N–H and O–H groups in total. The lowest BCUT2D eigenvalue weighted by Crippen LogP contribution is -1.73. The lowest BCUT2D eigenvalue weighted by Gasteiger charge is -1.86. The molecule has 1 heteroatoms. The van der Waals surface area contributed by atoms with Crippen LogP contribution in [0.1, 0.15) is 32.6 Å². The minimum Gasteiger partial charge on any atom is -0.0985 e. The summed E-state index contributed by atoms with van der Waals surface area (Å²) in [6.45, 7) is 2.11. The van der Waals surface area contributed by atoms with E-state index in [2.05, 4.69) is 40.8 Å². The van der Waals surface area contributed by atoms with Crippen molar-refractivity contribution in [3.05, 3.63) is 12.2 Å². The van der Waals surface area contributed by atoms with Crippen molar-refractivity contribution in [3.63, 3.8) is 0 Å². The van der Waals surface area contributed by atoms with Gasteiger partial charge in [-0.3, -0.25) is 0 Å². The Hall–Kier alpha value is -0.220.